The first-order valence-corrected chi connectivity index (χ1v) is 16.1. The lowest BCUT2D eigenvalue weighted by Crippen LogP contribution is -2.63. The summed E-state index contributed by atoms with van der Waals surface area (Å²) >= 11 is 0. The molecular formula is C39H44N2O8. The lowest BCUT2D eigenvalue weighted by molar-refractivity contribution is -0.158. The summed E-state index contributed by atoms with van der Waals surface area (Å²) in [4.78, 5) is 29.3. The van der Waals surface area contributed by atoms with Crippen molar-refractivity contribution in [3.8, 4) is 23.0 Å². The van der Waals surface area contributed by atoms with E-state index in [9.17, 15) is 19.8 Å². The molecule has 10 nitrogen and oxygen atoms in total. The van der Waals surface area contributed by atoms with E-state index in [1.807, 2.05) is 0 Å². The minimum atomic E-state index is -1.86. The number of methoxy groups -OCH3 is 4. The molecule has 1 saturated carbocycles. The number of rotatable bonds is 14. The molecule has 0 heterocycles. The number of nitrogens with two attached hydrogens (primary N) is 1. The highest BCUT2D eigenvalue weighted by molar-refractivity contribution is 6.07. The van der Waals surface area contributed by atoms with Gasteiger partial charge in [0.15, 0.2) is 0 Å². The Hall–Kier alpha value is -5.06. The maximum atomic E-state index is 14.9. The highest BCUT2D eigenvalue weighted by Gasteiger charge is 2.61. The number of carbonyl (C=O) groups is 2. The van der Waals surface area contributed by atoms with Gasteiger partial charge in [0.05, 0.1) is 40.5 Å². The second-order valence-electron chi connectivity index (χ2n) is 12.5. The van der Waals surface area contributed by atoms with Gasteiger partial charge in [0.25, 0.3) is 0 Å². The van der Waals surface area contributed by atoms with Gasteiger partial charge in [-0.25, -0.2) is 0 Å². The summed E-state index contributed by atoms with van der Waals surface area (Å²) in [6.45, 7) is 3.42. The van der Waals surface area contributed by atoms with E-state index in [2.05, 4.69) is 0 Å². The van der Waals surface area contributed by atoms with Crippen molar-refractivity contribution in [1.82, 2.24) is 4.90 Å². The molecule has 2 amide bonds. The maximum Gasteiger partial charge on any atom is 0.238 e. The molecule has 0 aromatic heterocycles. The molecule has 1 aliphatic carbocycles. The van der Waals surface area contributed by atoms with Gasteiger partial charge in [-0.1, -0.05) is 48.5 Å². The van der Waals surface area contributed by atoms with Gasteiger partial charge in [-0.2, -0.15) is 0 Å². The van der Waals surface area contributed by atoms with Gasteiger partial charge in [0, 0.05) is 0 Å². The molecule has 4 aromatic carbocycles. The predicted octanol–water partition coefficient (Wildman–Crippen LogP) is 4.76. The topological polar surface area (TPSA) is 141 Å². The van der Waals surface area contributed by atoms with E-state index in [4.69, 9.17) is 24.7 Å². The summed E-state index contributed by atoms with van der Waals surface area (Å²) in [5.41, 5.74) is 2.51. The van der Waals surface area contributed by atoms with Crippen molar-refractivity contribution in [1.29, 1.82) is 0 Å². The average molecular weight is 669 g/mol. The Morgan fingerprint density at radius 2 is 0.837 bits per heavy atom. The van der Waals surface area contributed by atoms with E-state index in [1.54, 1.807) is 139 Å². The van der Waals surface area contributed by atoms with E-state index >= 15 is 0 Å². The fourth-order valence-corrected chi connectivity index (χ4v) is 6.71. The maximum absolute atomic E-state index is 14.9. The number of ether oxygens (including phenoxy) is 4. The second kappa shape index (κ2) is 13.8. The van der Waals surface area contributed by atoms with Crippen LogP contribution in [0.5, 0.6) is 23.0 Å². The summed E-state index contributed by atoms with van der Waals surface area (Å²) < 4.78 is 21.6. The zero-order valence-corrected chi connectivity index (χ0v) is 28.7. The van der Waals surface area contributed by atoms with Crippen LogP contribution < -0.4 is 24.7 Å². The van der Waals surface area contributed by atoms with Gasteiger partial charge >= 0.3 is 0 Å². The van der Waals surface area contributed by atoms with Gasteiger partial charge in [0.1, 0.15) is 39.6 Å². The number of hydrogen-bond donors (Lipinski definition) is 3. The van der Waals surface area contributed by atoms with Crippen molar-refractivity contribution < 1.29 is 38.7 Å². The SMILES string of the molecule is COc1ccc(C(O)(c2ccc(OC)cc2)C(C)N(C(=O)C2(C(N)=O)CC2)C(C)C(O)(c2ccc(OC)cc2)c2ccc(OC)cc2)cc1. The van der Waals surface area contributed by atoms with Gasteiger partial charge in [-0.05, 0) is 97.5 Å². The number of hydrogen-bond acceptors (Lipinski definition) is 8. The largest absolute Gasteiger partial charge is 0.497 e. The standard InChI is InChI=1S/C39H44N2O8/c1-25(38(44,27-7-15-31(46-3)16-8-27)28-9-17-32(47-4)18-10-28)41(36(43)37(23-24-37)35(40)42)26(2)39(45,29-11-19-33(48-5)20-12-29)30-13-21-34(49-6)22-14-30/h7-22,25-26,44-45H,23-24H2,1-6H3,(H2,40,42). The molecule has 5 rings (SSSR count). The van der Waals surface area contributed by atoms with E-state index in [1.165, 1.54) is 4.90 Å². The molecule has 0 saturated heterocycles. The molecule has 10 heteroatoms. The lowest BCUT2D eigenvalue weighted by Gasteiger charge is -2.50. The molecule has 0 radical (unpaired) electrons. The first-order valence-electron chi connectivity index (χ1n) is 16.1. The van der Waals surface area contributed by atoms with Crippen molar-refractivity contribution in [2.45, 2.75) is 50.0 Å². The molecule has 1 aliphatic rings. The van der Waals surface area contributed by atoms with Crippen LogP contribution in [0.1, 0.15) is 48.9 Å². The van der Waals surface area contributed by atoms with Crippen molar-refractivity contribution in [2.75, 3.05) is 28.4 Å². The quantitative estimate of drug-likeness (QED) is 0.163. The number of nitrogens with zero attached hydrogens (tertiary/aromatic N) is 1. The highest BCUT2D eigenvalue weighted by atomic mass is 16.5. The number of carbonyl (C=O) groups excluding carboxylic acids is 2. The van der Waals surface area contributed by atoms with Crippen LogP contribution in [-0.4, -0.2) is 67.5 Å². The number of aliphatic hydroxyl groups is 2. The first-order chi connectivity index (χ1) is 23.4. The fraction of sp³-hybridized carbons (Fsp3) is 0.333. The van der Waals surface area contributed by atoms with Gasteiger partial charge in [-0.3, -0.25) is 9.59 Å². The lowest BCUT2D eigenvalue weighted by atomic mass is 9.75. The highest BCUT2D eigenvalue weighted by Crippen LogP contribution is 2.51. The monoisotopic (exact) mass is 668 g/mol. The third kappa shape index (κ3) is 6.18. The Morgan fingerprint density at radius 1 is 0.592 bits per heavy atom. The smallest absolute Gasteiger partial charge is 0.238 e. The van der Waals surface area contributed by atoms with Crippen molar-refractivity contribution in [2.24, 2.45) is 11.1 Å². The van der Waals surface area contributed by atoms with Gasteiger partial charge < -0.3 is 39.8 Å². The summed E-state index contributed by atoms with van der Waals surface area (Å²) in [5.74, 6) is 0.975. The summed E-state index contributed by atoms with van der Waals surface area (Å²) in [7, 11) is 6.20. The molecule has 0 spiro atoms. The number of amides is 2. The Labute approximate surface area is 287 Å². The average Bonchev–Trinajstić information content (AvgIpc) is 3.97. The van der Waals surface area contributed by atoms with Crippen LogP contribution in [0.25, 0.3) is 0 Å². The molecule has 1 fully saturated rings. The molecule has 258 valence electrons. The van der Waals surface area contributed by atoms with Gasteiger partial charge in [-0.15, -0.1) is 0 Å². The van der Waals surface area contributed by atoms with Crippen LogP contribution in [0.3, 0.4) is 0 Å². The Balaban J connectivity index is 1.76. The number of benzene rings is 4. The van der Waals surface area contributed by atoms with Crippen molar-refractivity contribution >= 4 is 11.8 Å². The minimum Gasteiger partial charge on any atom is -0.497 e. The Bertz CT molecular complexity index is 1550. The van der Waals surface area contributed by atoms with E-state index in [-0.39, 0.29) is 12.8 Å². The number of primary amides is 1. The summed E-state index contributed by atoms with van der Waals surface area (Å²) in [5, 5.41) is 26.2. The molecule has 49 heavy (non-hydrogen) atoms. The molecule has 4 aromatic rings. The van der Waals surface area contributed by atoms with Crippen LogP contribution in [0.15, 0.2) is 97.1 Å². The molecule has 0 bridgehead atoms. The van der Waals surface area contributed by atoms with Crippen LogP contribution >= 0.6 is 0 Å². The van der Waals surface area contributed by atoms with Crippen molar-refractivity contribution in [3.63, 3.8) is 0 Å². The predicted molar refractivity (Wildman–Crippen MR) is 185 cm³/mol. The molecule has 2 atom stereocenters. The minimum absolute atomic E-state index is 0.254. The Morgan fingerprint density at radius 3 is 1.02 bits per heavy atom. The van der Waals surface area contributed by atoms with E-state index in [0.717, 1.165) is 0 Å². The normalized spacial score (nSPS) is 15.0. The zero-order chi connectivity index (χ0) is 35.6. The summed E-state index contributed by atoms with van der Waals surface area (Å²) in [6, 6.07) is 25.5. The van der Waals surface area contributed by atoms with Crippen LogP contribution in [-0.2, 0) is 20.8 Å². The Kier molecular flexibility index (Phi) is 9.94. The first kappa shape index (κ1) is 35.3. The zero-order valence-electron chi connectivity index (χ0n) is 28.7. The molecule has 2 unspecified atom stereocenters. The molecule has 0 aliphatic heterocycles. The second-order valence-corrected chi connectivity index (χ2v) is 12.5. The van der Waals surface area contributed by atoms with E-state index in [0.29, 0.717) is 45.3 Å². The van der Waals surface area contributed by atoms with Crippen LogP contribution in [0.4, 0.5) is 0 Å². The third-order valence-electron chi connectivity index (χ3n) is 10.0. The molecule has 4 N–H and O–H groups in total. The van der Waals surface area contributed by atoms with Crippen LogP contribution in [0.2, 0.25) is 0 Å². The van der Waals surface area contributed by atoms with Crippen LogP contribution in [0, 0.1) is 5.41 Å². The third-order valence-corrected chi connectivity index (χ3v) is 10.0. The van der Waals surface area contributed by atoms with E-state index < -0.39 is 40.5 Å². The van der Waals surface area contributed by atoms with Crippen molar-refractivity contribution in [3.05, 3.63) is 119 Å². The molecular weight excluding hydrogens is 624 g/mol. The van der Waals surface area contributed by atoms with Gasteiger partial charge in [0.2, 0.25) is 11.8 Å². The fourth-order valence-electron chi connectivity index (χ4n) is 6.71. The summed E-state index contributed by atoms with van der Waals surface area (Å²) in [6.07, 6.45) is 0.508.